The topological polar surface area (TPSA) is 43.4 Å². The number of carbonyl (C=O) groups excluding carboxylic acids is 2. The zero-order valence-corrected chi connectivity index (χ0v) is 5.78. The Kier molecular flexibility index (Phi) is 14.8. The SMILES string of the molecule is CC(=O)OC(C)=O.[LiH].[Mn]. The Bertz CT molecular complexity index is 92.0. The molecule has 0 rings (SSSR count). The fourth-order valence-corrected chi connectivity index (χ4v) is 0.202. The van der Waals surface area contributed by atoms with Crippen molar-refractivity contribution in [1.29, 1.82) is 0 Å². The van der Waals surface area contributed by atoms with Crippen LogP contribution in [0.25, 0.3) is 0 Å². The van der Waals surface area contributed by atoms with Crippen molar-refractivity contribution in [2.75, 3.05) is 0 Å². The zero-order valence-electron chi connectivity index (χ0n) is 4.60. The second-order valence-corrected chi connectivity index (χ2v) is 1.09. The smallest absolute Gasteiger partial charge is 0 e. The maximum atomic E-state index is 9.81. The molecule has 5 heteroatoms. The third-order valence-electron chi connectivity index (χ3n) is 0.287. The first kappa shape index (κ1) is 16.1. The normalized spacial score (nSPS) is 6.00. The van der Waals surface area contributed by atoms with E-state index in [1.165, 1.54) is 13.8 Å². The maximum Gasteiger partial charge on any atom is 0 e. The minimum absolute atomic E-state index is 0. The summed E-state index contributed by atoms with van der Waals surface area (Å²) in [4.78, 5) is 19.6. The molecular weight excluding hydrogens is 158 g/mol. The Labute approximate surface area is 76.2 Å². The molecule has 0 fully saturated rings. The summed E-state index contributed by atoms with van der Waals surface area (Å²) in [5.41, 5.74) is 0. The first-order valence-electron chi connectivity index (χ1n) is 1.82. The molecule has 1 radical (unpaired) electrons. The molecule has 0 aliphatic carbocycles. The van der Waals surface area contributed by atoms with Crippen molar-refractivity contribution in [3.8, 4) is 0 Å². The summed E-state index contributed by atoms with van der Waals surface area (Å²) in [6.07, 6.45) is 0. The number of ether oxygens (including phenoxy) is 1. The van der Waals surface area contributed by atoms with E-state index in [1.54, 1.807) is 0 Å². The van der Waals surface area contributed by atoms with Gasteiger partial charge in [0.25, 0.3) is 0 Å². The zero-order chi connectivity index (χ0) is 5.86. The molecule has 0 unspecified atom stereocenters. The summed E-state index contributed by atoms with van der Waals surface area (Å²) in [5, 5.41) is 0. The Morgan fingerprint density at radius 3 is 1.33 bits per heavy atom. The Balaban J connectivity index is -0.000000180. The monoisotopic (exact) mass is 165 g/mol. The van der Waals surface area contributed by atoms with Crippen LogP contribution in [0, 0.1) is 0 Å². The van der Waals surface area contributed by atoms with Crippen molar-refractivity contribution < 1.29 is 31.4 Å². The number of carbonyl (C=O) groups is 2. The molecule has 0 spiro atoms. The van der Waals surface area contributed by atoms with E-state index in [1.807, 2.05) is 0 Å². The van der Waals surface area contributed by atoms with Crippen molar-refractivity contribution in [2.45, 2.75) is 13.8 Å². The number of hydrogen-bond donors (Lipinski definition) is 0. The summed E-state index contributed by atoms with van der Waals surface area (Å²) < 4.78 is 3.97. The van der Waals surface area contributed by atoms with E-state index < -0.39 is 11.9 Å². The molecule has 0 aromatic rings. The summed E-state index contributed by atoms with van der Waals surface area (Å²) in [5.74, 6) is -1.12. The average Bonchev–Trinajstić information content (AvgIpc) is 1.27. The number of esters is 2. The molecule has 49 valence electrons. The van der Waals surface area contributed by atoms with Gasteiger partial charge in [-0.3, -0.25) is 9.59 Å². The van der Waals surface area contributed by atoms with Gasteiger partial charge in [-0.25, -0.2) is 0 Å². The summed E-state index contributed by atoms with van der Waals surface area (Å²) in [6.45, 7) is 2.36. The van der Waals surface area contributed by atoms with Gasteiger partial charge in [-0.05, 0) is 0 Å². The van der Waals surface area contributed by atoms with Gasteiger partial charge in [0.05, 0.1) is 0 Å². The van der Waals surface area contributed by atoms with Gasteiger partial charge in [0, 0.05) is 30.9 Å². The average molecular weight is 165 g/mol. The van der Waals surface area contributed by atoms with E-state index in [9.17, 15) is 9.59 Å². The van der Waals surface area contributed by atoms with Gasteiger partial charge in [-0.15, -0.1) is 0 Å². The van der Waals surface area contributed by atoms with Crippen LogP contribution in [0.3, 0.4) is 0 Å². The van der Waals surface area contributed by atoms with E-state index in [4.69, 9.17) is 0 Å². The standard InChI is InChI=1S/C4H6O3.Li.Mn.H/c1-3(5)7-4(2)6;;;/h1-2H3;;;. The molecule has 0 N–H and O–H groups in total. The van der Waals surface area contributed by atoms with E-state index in [0.717, 1.165) is 0 Å². The molecule has 0 aliphatic rings. The van der Waals surface area contributed by atoms with Crippen LogP contribution < -0.4 is 0 Å². The first-order valence-corrected chi connectivity index (χ1v) is 1.82. The van der Waals surface area contributed by atoms with Crippen LogP contribution in [0.1, 0.15) is 13.8 Å². The molecule has 3 nitrogen and oxygen atoms in total. The Morgan fingerprint density at radius 2 is 1.33 bits per heavy atom. The third kappa shape index (κ3) is 17.8. The minimum atomic E-state index is -0.562. The van der Waals surface area contributed by atoms with Crippen LogP contribution >= 0.6 is 0 Å². The third-order valence-corrected chi connectivity index (χ3v) is 0.287. The molecule has 0 aromatic heterocycles. The maximum absolute atomic E-state index is 9.81. The van der Waals surface area contributed by atoms with Crippen LogP contribution in [-0.4, -0.2) is 30.8 Å². The van der Waals surface area contributed by atoms with E-state index in [-0.39, 0.29) is 35.9 Å². The van der Waals surface area contributed by atoms with Gasteiger partial charge in [0.1, 0.15) is 0 Å². The van der Waals surface area contributed by atoms with E-state index in [0.29, 0.717) is 0 Å². The fourth-order valence-electron chi connectivity index (χ4n) is 0.202. The van der Waals surface area contributed by atoms with Crippen LogP contribution in [0.15, 0.2) is 0 Å². The second kappa shape index (κ2) is 8.26. The predicted molar refractivity (Wildman–Crippen MR) is 29.6 cm³/mol. The molecule has 0 heterocycles. The second-order valence-electron chi connectivity index (χ2n) is 1.09. The molecule has 0 aromatic carbocycles. The van der Waals surface area contributed by atoms with Crippen molar-refractivity contribution in [1.82, 2.24) is 0 Å². The molecule has 0 saturated heterocycles. The molecule has 0 aliphatic heterocycles. The van der Waals surface area contributed by atoms with Crippen LogP contribution in [0.2, 0.25) is 0 Å². The quantitative estimate of drug-likeness (QED) is 0.274. The van der Waals surface area contributed by atoms with Crippen LogP contribution in [-0.2, 0) is 31.4 Å². The van der Waals surface area contributed by atoms with Crippen molar-refractivity contribution in [3.63, 3.8) is 0 Å². The molecule has 0 bridgehead atoms. The first-order chi connectivity index (χ1) is 3.13. The van der Waals surface area contributed by atoms with Crippen molar-refractivity contribution >= 4 is 30.8 Å². The molecule has 0 atom stereocenters. The Hall–Kier alpha value is 0.257. The number of rotatable bonds is 0. The Morgan fingerprint density at radius 1 is 1.11 bits per heavy atom. The largest absolute Gasteiger partial charge is 0 e. The molecular formula is C4H7LiMnO3. The van der Waals surface area contributed by atoms with Crippen molar-refractivity contribution in [2.24, 2.45) is 0 Å². The van der Waals surface area contributed by atoms with Crippen LogP contribution in [0.5, 0.6) is 0 Å². The van der Waals surface area contributed by atoms with E-state index in [2.05, 4.69) is 4.74 Å². The van der Waals surface area contributed by atoms with E-state index >= 15 is 0 Å². The number of hydrogen-bond acceptors (Lipinski definition) is 3. The fraction of sp³-hybridized carbons (Fsp3) is 0.500. The van der Waals surface area contributed by atoms with Gasteiger partial charge in [0.2, 0.25) is 0 Å². The van der Waals surface area contributed by atoms with Gasteiger partial charge < -0.3 is 4.74 Å². The minimum Gasteiger partial charge on any atom is 0 e. The van der Waals surface area contributed by atoms with Crippen LogP contribution in [0.4, 0.5) is 0 Å². The van der Waals surface area contributed by atoms with Gasteiger partial charge >= 0.3 is 30.8 Å². The summed E-state index contributed by atoms with van der Waals surface area (Å²) in [7, 11) is 0. The van der Waals surface area contributed by atoms with Gasteiger partial charge in [-0.2, -0.15) is 0 Å². The van der Waals surface area contributed by atoms with Gasteiger partial charge in [-0.1, -0.05) is 0 Å². The summed E-state index contributed by atoms with van der Waals surface area (Å²) >= 11 is 0. The molecule has 0 amide bonds. The molecule has 0 saturated carbocycles. The van der Waals surface area contributed by atoms with Crippen molar-refractivity contribution in [3.05, 3.63) is 0 Å². The summed E-state index contributed by atoms with van der Waals surface area (Å²) in [6, 6.07) is 0. The predicted octanol–water partition coefficient (Wildman–Crippen LogP) is -0.555. The van der Waals surface area contributed by atoms with Gasteiger partial charge in [0.15, 0.2) is 0 Å². The molecule has 9 heavy (non-hydrogen) atoms.